The van der Waals surface area contributed by atoms with Gasteiger partial charge in [-0.1, -0.05) is 32.0 Å². The third-order valence-corrected chi connectivity index (χ3v) is 9.10. The second-order valence-electron chi connectivity index (χ2n) is 12.0. The van der Waals surface area contributed by atoms with E-state index in [0.29, 0.717) is 29.9 Å². The number of carbonyl (C=O) groups is 1. The van der Waals surface area contributed by atoms with Crippen molar-refractivity contribution in [1.29, 1.82) is 0 Å². The number of hydrogen-bond donors (Lipinski definition) is 2. The average Bonchev–Trinajstić information content (AvgIpc) is 3.00. The van der Waals surface area contributed by atoms with E-state index in [0.717, 1.165) is 12.1 Å². The Morgan fingerprint density at radius 1 is 1.17 bits per heavy atom. The van der Waals surface area contributed by atoms with Crippen LogP contribution in [-0.2, 0) is 4.79 Å². The molecule has 0 aliphatic carbocycles. The van der Waals surface area contributed by atoms with Gasteiger partial charge in [-0.2, -0.15) is 4.98 Å². The van der Waals surface area contributed by atoms with E-state index in [2.05, 4.69) is 21.9 Å². The third kappa shape index (κ3) is 4.77. The van der Waals surface area contributed by atoms with E-state index in [1.165, 1.54) is 10.6 Å². The van der Waals surface area contributed by atoms with Gasteiger partial charge in [-0.05, 0) is 56.0 Å². The second kappa shape index (κ2) is 11.7. The quantitative estimate of drug-likeness (QED) is 0.258. The summed E-state index contributed by atoms with van der Waals surface area (Å²) in [5.41, 5.74) is -0.778. The first-order valence-electron chi connectivity index (χ1n) is 14.9. The van der Waals surface area contributed by atoms with E-state index < -0.39 is 45.0 Å². The van der Waals surface area contributed by atoms with Crippen molar-refractivity contribution in [3.05, 3.63) is 81.3 Å². The van der Waals surface area contributed by atoms with Gasteiger partial charge in [0.1, 0.15) is 11.6 Å². The number of nitrogens with zero attached hydrogens (tertiary/aromatic N) is 5. The lowest BCUT2D eigenvalue weighted by atomic mass is 9.95. The smallest absolute Gasteiger partial charge is 0.354 e. The number of rotatable bonds is 4. The van der Waals surface area contributed by atoms with Crippen molar-refractivity contribution >= 4 is 39.9 Å². The molecule has 6 rings (SSSR count). The van der Waals surface area contributed by atoms with Gasteiger partial charge in [0.2, 0.25) is 5.91 Å². The number of aromatic hydroxyl groups is 1. The lowest BCUT2D eigenvalue weighted by Crippen LogP contribution is -2.60. The molecule has 46 heavy (non-hydrogen) atoms. The molecule has 1 saturated heterocycles. The van der Waals surface area contributed by atoms with Crippen LogP contribution in [0.4, 0.5) is 24.7 Å². The molecule has 240 valence electrons. The minimum absolute atomic E-state index is 0.0194. The number of hydrogen-bond acceptors (Lipinski definition) is 7. The number of aryl methyl sites for hydroxylation is 1. The average molecular weight is 653 g/mol. The maximum atomic E-state index is 16.9. The van der Waals surface area contributed by atoms with Gasteiger partial charge in [-0.3, -0.25) is 14.3 Å². The number of amides is 1. The Hall–Kier alpha value is -4.58. The fourth-order valence-corrected chi connectivity index (χ4v) is 7.07. The predicted molar refractivity (Wildman–Crippen MR) is 172 cm³/mol. The number of pyridine rings is 1. The fraction of sp³-hybridized carbons (Fsp3) is 0.333. The highest BCUT2D eigenvalue weighted by molar-refractivity contribution is 6.39. The van der Waals surface area contributed by atoms with Crippen LogP contribution in [0.3, 0.4) is 0 Å². The maximum Gasteiger partial charge on any atom is 0.354 e. The molecule has 1 amide bonds. The van der Waals surface area contributed by atoms with Crippen LogP contribution < -0.4 is 15.9 Å². The number of aromatic nitrogens is 3. The van der Waals surface area contributed by atoms with Gasteiger partial charge in [0.25, 0.3) is 0 Å². The minimum atomic E-state index is -1.50. The van der Waals surface area contributed by atoms with Crippen molar-refractivity contribution in [2.45, 2.75) is 52.1 Å². The Bertz CT molecular complexity index is 2000. The van der Waals surface area contributed by atoms with Crippen LogP contribution in [0.15, 0.2) is 41.8 Å². The number of benzene rings is 2. The van der Waals surface area contributed by atoms with E-state index in [1.54, 1.807) is 24.1 Å². The summed E-state index contributed by atoms with van der Waals surface area (Å²) in [5, 5.41) is 13.5. The van der Waals surface area contributed by atoms with Gasteiger partial charge in [-0.15, -0.1) is 0 Å². The number of anilines is 2. The van der Waals surface area contributed by atoms with Crippen LogP contribution in [0, 0.1) is 24.4 Å². The van der Waals surface area contributed by atoms with Crippen molar-refractivity contribution in [3.8, 4) is 22.6 Å². The molecule has 4 aromatic rings. The lowest BCUT2D eigenvalue weighted by molar-refractivity contribution is -0.127. The normalized spacial score (nSPS) is 17.8. The molecular formula is C33H32ClF3N6O3. The number of fused-ring (bicyclic) bond motifs is 2. The van der Waals surface area contributed by atoms with Gasteiger partial charge in [0, 0.05) is 37.4 Å². The SMILES string of the molecule is C=CC(=O)N1CC(C)N2c3nc(=O)n(-c4c(C)ccnc4C(C)C)c4c(Cl)c(-c5c(O)ccc(F)c5F)c(F)c(c34)NCCC2C1. The topological polar surface area (TPSA) is 104 Å². The third-order valence-electron chi connectivity index (χ3n) is 8.74. The van der Waals surface area contributed by atoms with Crippen molar-refractivity contribution in [3.63, 3.8) is 0 Å². The molecule has 0 saturated carbocycles. The molecular weight excluding hydrogens is 621 g/mol. The van der Waals surface area contributed by atoms with E-state index in [9.17, 15) is 19.1 Å². The number of nitrogens with one attached hydrogen (secondary N) is 1. The van der Waals surface area contributed by atoms with Crippen LogP contribution in [-0.4, -0.2) is 62.2 Å². The zero-order valence-electron chi connectivity index (χ0n) is 25.7. The Kier molecular flexibility index (Phi) is 7.95. The highest BCUT2D eigenvalue weighted by Gasteiger charge is 2.39. The summed E-state index contributed by atoms with van der Waals surface area (Å²) in [7, 11) is 0. The van der Waals surface area contributed by atoms with Crippen molar-refractivity contribution in [2.75, 3.05) is 29.9 Å². The summed E-state index contributed by atoms with van der Waals surface area (Å²) in [6.07, 6.45) is 3.27. The number of halogens is 4. The summed E-state index contributed by atoms with van der Waals surface area (Å²) in [6, 6.07) is 2.66. The second-order valence-corrected chi connectivity index (χ2v) is 12.4. The van der Waals surface area contributed by atoms with E-state index in [-0.39, 0.29) is 59.4 Å². The standard InChI is InChI=1S/C33H32ClF3N6O3/c1-6-21(45)41-13-17(5)42-18(14-41)10-12-39-29-24-31(25(34)23(27(29)37)22-20(44)8-7-19(35)26(22)36)43(33(46)40-32(24)42)30-16(4)9-11-38-28(30)15(2)3/h6-9,11,15,17-18,39,44H,1,10,12-14H2,2-5H3. The first-order chi connectivity index (χ1) is 21.9. The molecule has 0 spiro atoms. The Morgan fingerprint density at radius 3 is 2.61 bits per heavy atom. The summed E-state index contributed by atoms with van der Waals surface area (Å²) in [6.45, 7) is 11.8. The zero-order valence-corrected chi connectivity index (χ0v) is 26.4. The molecule has 2 aromatic carbocycles. The molecule has 13 heteroatoms. The van der Waals surface area contributed by atoms with Gasteiger partial charge >= 0.3 is 5.69 Å². The summed E-state index contributed by atoms with van der Waals surface area (Å²) < 4.78 is 48.1. The number of carbonyl (C=O) groups excluding carboxylic acids is 1. The van der Waals surface area contributed by atoms with Crippen LogP contribution in [0.1, 0.15) is 44.4 Å². The van der Waals surface area contributed by atoms with E-state index in [4.69, 9.17) is 11.6 Å². The Labute approximate surface area is 267 Å². The summed E-state index contributed by atoms with van der Waals surface area (Å²) >= 11 is 7.04. The van der Waals surface area contributed by atoms with Crippen molar-refractivity contribution in [2.24, 2.45) is 0 Å². The van der Waals surface area contributed by atoms with Gasteiger partial charge in [0.05, 0.1) is 44.6 Å². The van der Waals surface area contributed by atoms with Crippen molar-refractivity contribution in [1.82, 2.24) is 19.4 Å². The van der Waals surface area contributed by atoms with E-state index in [1.807, 2.05) is 25.7 Å². The highest BCUT2D eigenvalue weighted by Crippen LogP contribution is 2.49. The first kappa shape index (κ1) is 31.4. The lowest BCUT2D eigenvalue weighted by Gasteiger charge is -2.47. The molecule has 4 heterocycles. The van der Waals surface area contributed by atoms with Crippen LogP contribution >= 0.6 is 11.6 Å². The molecule has 9 nitrogen and oxygen atoms in total. The molecule has 2 aromatic heterocycles. The Morgan fingerprint density at radius 2 is 1.91 bits per heavy atom. The number of phenolic OH excluding ortho intramolecular Hbond substituents is 1. The van der Waals surface area contributed by atoms with Crippen LogP contribution in [0.25, 0.3) is 27.7 Å². The predicted octanol–water partition coefficient (Wildman–Crippen LogP) is 6.06. The van der Waals surface area contributed by atoms with Gasteiger partial charge < -0.3 is 20.2 Å². The maximum absolute atomic E-state index is 16.9. The summed E-state index contributed by atoms with van der Waals surface area (Å²) in [5.74, 6) is -4.89. The van der Waals surface area contributed by atoms with Crippen LogP contribution in [0.2, 0.25) is 5.02 Å². The minimum Gasteiger partial charge on any atom is -0.507 e. The number of phenols is 1. The van der Waals surface area contributed by atoms with Gasteiger partial charge in [-0.25, -0.2) is 18.0 Å². The molecule has 2 unspecified atom stereocenters. The molecule has 2 atom stereocenters. The Balaban J connectivity index is 1.80. The molecule has 0 radical (unpaired) electrons. The van der Waals surface area contributed by atoms with E-state index >= 15 is 8.78 Å². The van der Waals surface area contributed by atoms with Crippen LogP contribution in [0.5, 0.6) is 5.75 Å². The molecule has 2 N–H and O–H groups in total. The largest absolute Gasteiger partial charge is 0.507 e. The zero-order chi connectivity index (χ0) is 33.2. The molecule has 0 bridgehead atoms. The number of piperazine rings is 1. The fourth-order valence-electron chi connectivity index (χ4n) is 6.71. The first-order valence-corrected chi connectivity index (χ1v) is 15.3. The highest BCUT2D eigenvalue weighted by atomic mass is 35.5. The van der Waals surface area contributed by atoms with Gasteiger partial charge in [0.15, 0.2) is 17.5 Å². The van der Waals surface area contributed by atoms with Crippen molar-refractivity contribution < 1.29 is 23.1 Å². The summed E-state index contributed by atoms with van der Waals surface area (Å²) in [4.78, 5) is 39.6. The molecule has 2 aliphatic rings. The monoisotopic (exact) mass is 652 g/mol. The molecule has 1 fully saturated rings. The molecule has 2 aliphatic heterocycles.